The number of carbonyl (C=O) groups is 3. The van der Waals surface area contributed by atoms with Crippen molar-refractivity contribution < 1.29 is 29.0 Å². The topological polar surface area (TPSA) is 102 Å². The lowest BCUT2D eigenvalue weighted by Gasteiger charge is -2.16. The molecule has 0 radical (unpaired) electrons. The Morgan fingerprint density at radius 1 is 1.17 bits per heavy atom. The number of nitrogens with one attached hydrogen (secondary N) is 1. The first kappa shape index (κ1) is 18.5. The van der Waals surface area contributed by atoms with Gasteiger partial charge in [0.05, 0.1) is 13.0 Å². The highest BCUT2D eigenvalue weighted by Crippen LogP contribution is 2.04. The molecule has 0 aliphatic heterocycles. The molecule has 0 unspecified atom stereocenters. The largest absolute Gasteiger partial charge is 0.481 e. The number of aliphatic carboxylic acids is 1. The van der Waals surface area contributed by atoms with E-state index >= 15 is 0 Å². The van der Waals surface area contributed by atoms with E-state index in [0.29, 0.717) is 6.42 Å². The van der Waals surface area contributed by atoms with Crippen LogP contribution in [-0.4, -0.2) is 35.8 Å². The monoisotopic (exact) mass is 323 g/mol. The third kappa shape index (κ3) is 7.85. The number of carbonyl (C=O) groups excluding carboxylic acids is 2. The van der Waals surface area contributed by atoms with Crippen LogP contribution in [0.25, 0.3) is 0 Å². The highest BCUT2D eigenvalue weighted by molar-refractivity contribution is 5.85. The van der Waals surface area contributed by atoms with Crippen molar-refractivity contribution in [1.29, 1.82) is 0 Å². The summed E-state index contributed by atoms with van der Waals surface area (Å²) in [6, 6.07) is 7.66. The molecule has 0 bridgehead atoms. The number of alkyl carbamates (subject to hydrolysis) is 1. The number of benzene rings is 1. The number of rotatable bonds is 9. The van der Waals surface area contributed by atoms with E-state index in [0.717, 1.165) is 12.0 Å². The maximum Gasteiger partial charge on any atom is 0.407 e. The van der Waals surface area contributed by atoms with Crippen LogP contribution in [0.4, 0.5) is 4.79 Å². The van der Waals surface area contributed by atoms with Gasteiger partial charge in [-0.05, 0) is 12.0 Å². The number of unbranched alkanes of at least 4 members (excludes halogenated alkanes) is 1. The van der Waals surface area contributed by atoms with Crippen molar-refractivity contribution in [2.24, 2.45) is 0 Å². The van der Waals surface area contributed by atoms with E-state index in [1.807, 2.05) is 13.0 Å². The fourth-order valence-corrected chi connectivity index (χ4v) is 1.69. The normalized spacial score (nSPS) is 11.3. The number of hydrogen-bond donors (Lipinski definition) is 2. The Hall–Kier alpha value is -2.57. The molecule has 1 atom stereocenters. The van der Waals surface area contributed by atoms with Gasteiger partial charge in [-0.3, -0.25) is 4.79 Å². The zero-order valence-corrected chi connectivity index (χ0v) is 13.0. The van der Waals surface area contributed by atoms with Crippen LogP contribution in [-0.2, 0) is 25.7 Å². The molecule has 1 aromatic carbocycles. The highest BCUT2D eigenvalue weighted by Gasteiger charge is 2.25. The van der Waals surface area contributed by atoms with Gasteiger partial charge in [0.15, 0.2) is 0 Å². The van der Waals surface area contributed by atoms with Gasteiger partial charge in [-0.1, -0.05) is 43.7 Å². The molecule has 0 aromatic heterocycles. The molecule has 0 heterocycles. The molecular formula is C16H21NO6. The van der Waals surface area contributed by atoms with Crippen molar-refractivity contribution in [3.63, 3.8) is 0 Å². The molecule has 0 aliphatic carbocycles. The standard InChI is InChI=1S/C16H21NO6/c1-2-3-9-22-16(21)17-13(10-14(18)19)15(20)23-11-12-7-5-4-6-8-12/h4-8,13H,2-3,9-11H2,1H3,(H,17,21)(H,18,19)/t13-/m0/s1. The molecule has 7 nitrogen and oxygen atoms in total. The number of ether oxygens (including phenoxy) is 2. The molecule has 7 heteroatoms. The number of amides is 1. The van der Waals surface area contributed by atoms with Crippen molar-refractivity contribution in [2.45, 2.75) is 38.8 Å². The Labute approximate surface area is 134 Å². The van der Waals surface area contributed by atoms with E-state index in [1.54, 1.807) is 24.3 Å². The van der Waals surface area contributed by atoms with E-state index in [1.165, 1.54) is 0 Å². The van der Waals surface area contributed by atoms with Gasteiger partial charge in [0, 0.05) is 0 Å². The SMILES string of the molecule is CCCCOC(=O)N[C@@H](CC(=O)O)C(=O)OCc1ccccc1. The number of carboxylic acid groups (broad SMARTS) is 1. The molecule has 0 fully saturated rings. The first-order valence-corrected chi connectivity index (χ1v) is 7.38. The van der Waals surface area contributed by atoms with Gasteiger partial charge in [0.25, 0.3) is 0 Å². The average molecular weight is 323 g/mol. The third-order valence-electron chi connectivity index (χ3n) is 2.91. The summed E-state index contributed by atoms with van der Waals surface area (Å²) in [6.45, 7) is 2.15. The summed E-state index contributed by atoms with van der Waals surface area (Å²) in [5.74, 6) is -2.04. The summed E-state index contributed by atoms with van der Waals surface area (Å²) in [5, 5.41) is 11.1. The van der Waals surface area contributed by atoms with E-state index in [2.05, 4.69) is 5.32 Å². The molecule has 1 rings (SSSR count). The molecule has 1 amide bonds. The maximum absolute atomic E-state index is 12.0. The van der Waals surface area contributed by atoms with Crippen LogP contribution in [0.15, 0.2) is 30.3 Å². The minimum atomic E-state index is -1.29. The summed E-state index contributed by atoms with van der Waals surface area (Å²) in [6.07, 6.45) is 0.137. The predicted octanol–water partition coefficient (Wildman–Crippen LogP) is 2.10. The quantitative estimate of drug-likeness (QED) is 0.533. The average Bonchev–Trinajstić information content (AvgIpc) is 2.53. The second kappa shape index (κ2) is 10.2. The molecule has 0 saturated heterocycles. The smallest absolute Gasteiger partial charge is 0.407 e. The van der Waals surface area contributed by atoms with Crippen molar-refractivity contribution in [3.05, 3.63) is 35.9 Å². The number of carboxylic acids is 1. The number of esters is 1. The van der Waals surface area contributed by atoms with Gasteiger partial charge in [-0.25, -0.2) is 9.59 Å². The zero-order valence-electron chi connectivity index (χ0n) is 13.0. The summed E-state index contributed by atoms with van der Waals surface area (Å²) in [7, 11) is 0. The van der Waals surface area contributed by atoms with Crippen LogP contribution in [0, 0.1) is 0 Å². The summed E-state index contributed by atoms with van der Waals surface area (Å²) in [5.41, 5.74) is 0.764. The van der Waals surface area contributed by atoms with Gasteiger partial charge < -0.3 is 19.9 Å². The minimum Gasteiger partial charge on any atom is -0.481 e. The van der Waals surface area contributed by atoms with Crippen LogP contribution in [0.3, 0.4) is 0 Å². The van der Waals surface area contributed by atoms with E-state index in [9.17, 15) is 14.4 Å². The van der Waals surface area contributed by atoms with Crippen LogP contribution in [0.1, 0.15) is 31.7 Å². The lowest BCUT2D eigenvalue weighted by Crippen LogP contribution is -2.43. The molecular weight excluding hydrogens is 302 g/mol. The van der Waals surface area contributed by atoms with Crippen molar-refractivity contribution in [1.82, 2.24) is 5.32 Å². The fourth-order valence-electron chi connectivity index (χ4n) is 1.69. The first-order valence-electron chi connectivity index (χ1n) is 7.38. The Morgan fingerprint density at radius 2 is 1.87 bits per heavy atom. The predicted molar refractivity (Wildman–Crippen MR) is 81.7 cm³/mol. The summed E-state index contributed by atoms with van der Waals surface area (Å²) in [4.78, 5) is 34.3. The second-order valence-electron chi connectivity index (χ2n) is 4.88. The molecule has 1 aromatic rings. The molecule has 126 valence electrons. The third-order valence-corrected chi connectivity index (χ3v) is 2.91. The summed E-state index contributed by atoms with van der Waals surface area (Å²) < 4.78 is 9.90. The fraction of sp³-hybridized carbons (Fsp3) is 0.438. The Kier molecular flexibility index (Phi) is 8.20. The summed E-state index contributed by atoms with van der Waals surface area (Å²) >= 11 is 0. The van der Waals surface area contributed by atoms with E-state index < -0.39 is 30.5 Å². The zero-order chi connectivity index (χ0) is 17.1. The lowest BCUT2D eigenvalue weighted by atomic mass is 10.2. The second-order valence-corrected chi connectivity index (χ2v) is 4.88. The van der Waals surface area contributed by atoms with Gasteiger partial charge >= 0.3 is 18.0 Å². The molecule has 2 N–H and O–H groups in total. The minimum absolute atomic E-state index is 0.00234. The van der Waals surface area contributed by atoms with Crippen LogP contribution in [0.2, 0.25) is 0 Å². The van der Waals surface area contributed by atoms with Gasteiger partial charge in [-0.15, -0.1) is 0 Å². The highest BCUT2D eigenvalue weighted by atomic mass is 16.6. The molecule has 0 aliphatic rings. The molecule has 23 heavy (non-hydrogen) atoms. The van der Waals surface area contributed by atoms with Crippen LogP contribution in [0.5, 0.6) is 0 Å². The van der Waals surface area contributed by atoms with Gasteiger partial charge in [-0.2, -0.15) is 0 Å². The van der Waals surface area contributed by atoms with Gasteiger partial charge in [0.1, 0.15) is 12.6 Å². The van der Waals surface area contributed by atoms with Crippen molar-refractivity contribution in [3.8, 4) is 0 Å². The number of hydrogen-bond acceptors (Lipinski definition) is 5. The Balaban J connectivity index is 2.52. The van der Waals surface area contributed by atoms with Crippen molar-refractivity contribution >= 4 is 18.0 Å². The van der Waals surface area contributed by atoms with Gasteiger partial charge in [0.2, 0.25) is 0 Å². The van der Waals surface area contributed by atoms with E-state index in [4.69, 9.17) is 14.6 Å². The van der Waals surface area contributed by atoms with Crippen LogP contribution >= 0.6 is 0 Å². The van der Waals surface area contributed by atoms with E-state index in [-0.39, 0.29) is 13.2 Å². The first-order chi connectivity index (χ1) is 11.0. The maximum atomic E-state index is 12.0. The molecule has 0 spiro atoms. The van der Waals surface area contributed by atoms with Crippen LogP contribution < -0.4 is 5.32 Å². The lowest BCUT2D eigenvalue weighted by molar-refractivity contribution is -0.151. The Bertz CT molecular complexity index is 517. The Morgan fingerprint density at radius 3 is 2.48 bits per heavy atom. The van der Waals surface area contributed by atoms with Crippen molar-refractivity contribution in [2.75, 3.05) is 6.61 Å². The molecule has 0 saturated carbocycles.